The molecular formula is C19H31ClN4O2. The second kappa shape index (κ2) is 10.5. The number of hydrogen-bond donors (Lipinski definition) is 2. The highest BCUT2D eigenvalue weighted by atomic mass is 35.5. The van der Waals surface area contributed by atoms with Gasteiger partial charge in [0.25, 0.3) is 0 Å². The maximum Gasteiger partial charge on any atom is 0.238 e. The van der Waals surface area contributed by atoms with Crippen LogP contribution in [-0.2, 0) is 9.59 Å². The van der Waals surface area contributed by atoms with Crippen molar-refractivity contribution in [2.24, 2.45) is 0 Å². The minimum absolute atomic E-state index is 0. The fraction of sp³-hybridized carbons (Fsp3) is 0.579. The summed E-state index contributed by atoms with van der Waals surface area (Å²) in [5.74, 6) is 0.117. The van der Waals surface area contributed by atoms with E-state index in [0.29, 0.717) is 13.0 Å². The Hall–Kier alpha value is -1.63. The summed E-state index contributed by atoms with van der Waals surface area (Å²) in [7, 11) is 1.87. The predicted molar refractivity (Wildman–Crippen MR) is 108 cm³/mol. The van der Waals surface area contributed by atoms with E-state index in [2.05, 4.69) is 29.7 Å². The molecule has 0 saturated carbocycles. The van der Waals surface area contributed by atoms with E-state index in [1.807, 2.05) is 30.7 Å². The van der Waals surface area contributed by atoms with Gasteiger partial charge < -0.3 is 15.5 Å². The minimum Gasteiger partial charge on any atom is -0.340 e. The molecule has 2 rings (SSSR count). The molecule has 0 aliphatic carbocycles. The average molecular weight is 383 g/mol. The first-order valence-electron chi connectivity index (χ1n) is 8.91. The Balaban J connectivity index is 0.00000338. The van der Waals surface area contributed by atoms with E-state index in [1.165, 1.54) is 5.56 Å². The summed E-state index contributed by atoms with van der Waals surface area (Å²) in [6.07, 6.45) is 0.451. The molecule has 1 aliphatic heterocycles. The van der Waals surface area contributed by atoms with Crippen molar-refractivity contribution >= 4 is 29.9 Å². The Morgan fingerprint density at radius 1 is 1.15 bits per heavy atom. The van der Waals surface area contributed by atoms with E-state index in [-0.39, 0.29) is 30.8 Å². The maximum atomic E-state index is 12.3. The quantitative estimate of drug-likeness (QED) is 0.786. The first-order chi connectivity index (χ1) is 11.9. The van der Waals surface area contributed by atoms with Gasteiger partial charge in [-0.2, -0.15) is 0 Å². The topological polar surface area (TPSA) is 64.7 Å². The zero-order chi connectivity index (χ0) is 18.4. The summed E-state index contributed by atoms with van der Waals surface area (Å²) in [5, 5.41) is 6.24. The fourth-order valence-corrected chi connectivity index (χ4v) is 3.24. The molecule has 1 fully saturated rings. The van der Waals surface area contributed by atoms with E-state index < -0.39 is 0 Å². The van der Waals surface area contributed by atoms with Crippen molar-refractivity contribution in [3.8, 4) is 0 Å². The van der Waals surface area contributed by atoms with Crippen molar-refractivity contribution < 1.29 is 9.59 Å². The summed E-state index contributed by atoms with van der Waals surface area (Å²) in [6, 6.07) is 4.14. The summed E-state index contributed by atoms with van der Waals surface area (Å²) >= 11 is 0. The number of benzene rings is 1. The normalized spacial score (nSPS) is 14.1. The summed E-state index contributed by atoms with van der Waals surface area (Å²) in [6.45, 7) is 10.2. The molecule has 6 nitrogen and oxygen atoms in total. The lowest BCUT2D eigenvalue weighted by Crippen LogP contribution is -2.47. The fourth-order valence-electron chi connectivity index (χ4n) is 3.24. The van der Waals surface area contributed by atoms with Crippen LogP contribution in [0.1, 0.15) is 23.1 Å². The first-order valence-corrected chi connectivity index (χ1v) is 8.91. The number of rotatable bonds is 6. The van der Waals surface area contributed by atoms with Crippen LogP contribution >= 0.6 is 12.4 Å². The molecule has 1 aromatic carbocycles. The standard InChI is InChI=1S/C19H30N4O2.ClH/c1-14-11-15(2)19(16(3)12-14)21-17(24)13-22(4)8-5-18(25)23-9-6-20-7-10-23;/h11-12,20H,5-10,13H2,1-4H3,(H,21,24);1H. The number of halogens is 1. The molecule has 2 amide bonds. The van der Waals surface area contributed by atoms with Crippen molar-refractivity contribution in [2.75, 3.05) is 51.6 Å². The Morgan fingerprint density at radius 3 is 2.31 bits per heavy atom. The smallest absolute Gasteiger partial charge is 0.238 e. The maximum absolute atomic E-state index is 12.3. The molecule has 1 heterocycles. The van der Waals surface area contributed by atoms with Gasteiger partial charge in [-0.25, -0.2) is 0 Å². The molecule has 7 heteroatoms. The number of hydrogen-bond acceptors (Lipinski definition) is 4. The lowest BCUT2D eigenvalue weighted by molar-refractivity contribution is -0.132. The van der Waals surface area contributed by atoms with Gasteiger partial charge >= 0.3 is 0 Å². The van der Waals surface area contributed by atoms with E-state index in [9.17, 15) is 9.59 Å². The summed E-state index contributed by atoms with van der Waals surface area (Å²) in [5.41, 5.74) is 4.22. The van der Waals surface area contributed by atoms with Gasteiger partial charge in [0.1, 0.15) is 0 Å². The van der Waals surface area contributed by atoms with Crippen LogP contribution in [0, 0.1) is 20.8 Å². The molecule has 0 radical (unpaired) electrons. The number of amides is 2. The van der Waals surface area contributed by atoms with Gasteiger partial charge in [-0.1, -0.05) is 17.7 Å². The number of anilines is 1. The largest absolute Gasteiger partial charge is 0.340 e. The van der Waals surface area contributed by atoms with Crippen LogP contribution in [0.4, 0.5) is 5.69 Å². The number of nitrogens with one attached hydrogen (secondary N) is 2. The third kappa shape index (κ3) is 6.59. The Labute approximate surface area is 162 Å². The van der Waals surface area contributed by atoms with Crippen molar-refractivity contribution in [2.45, 2.75) is 27.2 Å². The van der Waals surface area contributed by atoms with Gasteiger partial charge in [-0.3, -0.25) is 14.5 Å². The molecule has 0 atom stereocenters. The zero-order valence-corrected chi connectivity index (χ0v) is 17.0. The second-order valence-corrected chi connectivity index (χ2v) is 6.94. The Morgan fingerprint density at radius 2 is 1.73 bits per heavy atom. The van der Waals surface area contributed by atoms with E-state index in [1.54, 1.807) is 0 Å². The number of carbonyl (C=O) groups is 2. The molecule has 0 aromatic heterocycles. The number of nitrogens with zero attached hydrogens (tertiary/aromatic N) is 2. The molecule has 0 spiro atoms. The lowest BCUT2D eigenvalue weighted by atomic mass is 10.1. The lowest BCUT2D eigenvalue weighted by Gasteiger charge is -2.28. The highest BCUT2D eigenvalue weighted by Crippen LogP contribution is 2.21. The molecule has 0 bridgehead atoms. The molecule has 1 aliphatic rings. The number of likely N-dealkylation sites (N-methyl/N-ethyl adjacent to an activating group) is 1. The Bertz CT molecular complexity index is 607. The molecule has 2 N–H and O–H groups in total. The highest BCUT2D eigenvalue weighted by Gasteiger charge is 2.17. The van der Waals surface area contributed by atoms with Crippen LogP contribution in [-0.4, -0.2) is 67.9 Å². The van der Waals surface area contributed by atoms with Gasteiger partial charge in [-0.15, -0.1) is 12.4 Å². The average Bonchev–Trinajstić information content (AvgIpc) is 2.56. The van der Waals surface area contributed by atoms with Crippen LogP contribution in [0.3, 0.4) is 0 Å². The van der Waals surface area contributed by atoms with Crippen molar-refractivity contribution in [3.05, 3.63) is 28.8 Å². The number of carbonyl (C=O) groups excluding carboxylic acids is 2. The zero-order valence-electron chi connectivity index (χ0n) is 16.2. The summed E-state index contributed by atoms with van der Waals surface area (Å²) in [4.78, 5) is 28.3. The highest BCUT2D eigenvalue weighted by molar-refractivity contribution is 5.93. The predicted octanol–water partition coefficient (Wildman–Crippen LogP) is 1.73. The van der Waals surface area contributed by atoms with Gasteiger partial charge in [-0.05, 0) is 38.9 Å². The van der Waals surface area contributed by atoms with Crippen molar-refractivity contribution in [3.63, 3.8) is 0 Å². The molecule has 26 heavy (non-hydrogen) atoms. The monoisotopic (exact) mass is 382 g/mol. The van der Waals surface area contributed by atoms with Gasteiger partial charge in [0.05, 0.1) is 6.54 Å². The second-order valence-electron chi connectivity index (χ2n) is 6.94. The van der Waals surface area contributed by atoms with Crippen LogP contribution in [0.2, 0.25) is 0 Å². The van der Waals surface area contributed by atoms with Crippen LogP contribution in [0.15, 0.2) is 12.1 Å². The van der Waals surface area contributed by atoms with E-state index >= 15 is 0 Å². The van der Waals surface area contributed by atoms with Gasteiger partial charge in [0, 0.05) is 44.8 Å². The van der Waals surface area contributed by atoms with E-state index in [4.69, 9.17) is 0 Å². The number of piperazine rings is 1. The van der Waals surface area contributed by atoms with Crippen LogP contribution < -0.4 is 10.6 Å². The van der Waals surface area contributed by atoms with Crippen molar-refractivity contribution in [1.29, 1.82) is 0 Å². The van der Waals surface area contributed by atoms with Crippen LogP contribution in [0.25, 0.3) is 0 Å². The van der Waals surface area contributed by atoms with Gasteiger partial charge in [0.15, 0.2) is 0 Å². The van der Waals surface area contributed by atoms with Gasteiger partial charge in [0.2, 0.25) is 11.8 Å². The third-order valence-corrected chi connectivity index (χ3v) is 4.53. The minimum atomic E-state index is -0.0489. The molecule has 1 saturated heterocycles. The van der Waals surface area contributed by atoms with Crippen molar-refractivity contribution in [1.82, 2.24) is 15.1 Å². The molecule has 146 valence electrons. The molecular weight excluding hydrogens is 352 g/mol. The Kier molecular flexibility index (Phi) is 9.05. The summed E-state index contributed by atoms with van der Waals surface area (Å²) < 4.78 is 0. The van der Waals surface area contributed by atoms with Crippen LogP contribution in [0.5, 0.6) is 0 Å². The molecule has 1 aromatic rings. The first kappa shape index (κ1) is 22.4. The SMILES string of the molecule is Cc1cc(C)c(NC(=O)CN(C)CCC(=O)N2CCNCC2)c(C)c1.Cl. The third-order valence-electron chi connectivity index (χ3n) is 4.53. The number of aryl methyl sites for hydroxylation is 3. The molecule has 0 unspecified atom stereocenters. The van der Waals surface area contributed by atoms with E-state index in [0.717, 1.165) is 43.0 Å².